The summed E-state index contributed by atoms with van der Waals surface area (Å²) in [6.07, 6.45) is 0.290. The molecule has 1 aromatic rings. The smallest absolute Gasteiger partial charge is 0.310 e. The van der Waals surface area contributed by atoms with Gasteiger partial charge in [-0.1, -0.05) is 30.7 Å². The Balaban J connectivity index is 2.74. The molecule has 1 amide bonds. The zero-order valence-electron chi connectivity index (χ0n) is 14.2. The van der Waals surface area contributed by atoms with E-state index in [0.717, 1.165) is 12.1 Å². The van der Waals surface area contributed by atoms with Crippen molar-refractivity contribution in [3.63, 3.8) is 0 Å². The van der Waals surface area contributed by atoms with Gasteiger partial charge in [-0.05, 0) is 31.8 Å². The minimum Gasteiger partial charge on any atom is -0.469 e. The van der Waals surface area contributed by atoms with Crippen LogP contribution in [0.4, 0.5) is 0 Å². The molecule has 0 bridgehead atoms. The van der Waals surface area contributed by atoms with Crippen LogP contribution in [0.25, 0.3) is 0 Å². The van der Waals surface area contributed by atoms with Gasteiger partial charge in [-0.2, -0.15) is 0 Å². The van der Waals surface area contributed by atoms with Crippen LogP contribution in [0.5, 0.6) is 0 Å². The monoisotopic (exact) mass is 340 g/mol. The van der Waals surface area contributed by atoms with Crippen LogP contribution in [-0.4, -0.2) is 62.5 Å². The number of esters is 1. The van der Waals surface area contributed by atoms with Crippen molar-refractivity contribution in [1.82, 2.24) is 9.80 Å². The number of hydrogen-bond acceptors (Lipinski definition) is 4. The molecule has 128 valence electrons. The molecule has 0 aliphatic heterocycles. The van der Waals surface area contributed by atoms with E-state index in [-0.39, 0.29) is 17.8 Å². The summed E-state index contributed by atoms with van der Waals surface area (Å²) in [6, 6.07) is 7.22. The number of carbonyl (C=O) groups excluding carboxylic acids is 2. The van der Waals surface area contributed by atoms with Gasteiger partial charge in [0, 0.05) is 24.7 Å². The maximum Gasteiger partial charge on any atom is 0.310 e. The van der Waals surface area contributed by atoms with Crippen molar-refractivity contribution in [2.75, 3.05) is 40.8 Å². The van der Waals surface area contributed by atoms with Gasteiger partial charge in [0.15, 0.2) is 0 Å². The summed E-state index contributed by atoms with van der Waals surface area (Å²) in [5.41, 5.74) is 0.903. The zero-order chi connectivity index (χ0) is 17.4. The molecule has 0 saturated heterocycles. The van der Waals surface area contributed by atoms with Gasteiger partial charge < -0.3 is 14.5 Å². The van der Waals surface area contributed by atoms with Crippen molar-refractivity contribution >= 4 is 23.5 Å². The molecule has 0 aromatic heterocycles. The second-order valence-corrected chi connectivity index (χ2v) is 6.31. The zero-order valence-corrected chi connectivity index (χ0v) is 15.0. The lowest BCUT2D eigenvalue weighted by Gasteiger charge is -2.26. The summed E-state index contributed by atoms with van der Waals surface area (Å²) in [5, 5.41) is 0.643. The van der Waals surface area contributed by atoms with Crippen LogP contribution in [0.2, 0.25) is 5.02 Å². The lowest BCUT2D eigenvalue weighted by atomic mass is 10.1. The molecule has 1 aromatic carbocycles. The molecule has 0 fully saturated rings. The molecule has 1 unspecified atom stereocenters. The first-order valence-corrected chi connectivity index (χ1v) is 7.96. The Morgan fingerprint density at radius 3 is 2.30 bits per heavy atom. The second kappa shape index (κ2) is 9.53. The van der Waals surface area contributed by atoms with E-state index >= 15 is 0 Å². The maximum atomic E-state index is 12.6. The Kier molecular flexibility index (Phi) is 8.06. The van der Waals surface area contributed by atoms with E-state index in [0.29, 0.717) is 24.5 Å². The van der Waals surface area contributed by atoms with Gasteiger partial charge in [-0.15, -0.1) is 0 Å². The summed E-state index contributed by atoms with van der Waals surface area (Å²) in [5.74, 6) is -0.666. The van der Waals surface area contributed by atoms with Crippen molar-refractivity contribution in [2.45, 2.75) is 13.3 Å². The van der Waals surface area contributed by atoms with Crippen LogP contribution in [0, 0.1) is 5.92 Å². The van der Waals surface area contributed by atoms with Crippen LogP contribution in [0.1, 0.15) is 12.5 Å². The van der Waals surface area contributed by atoms with E-state index in [2.05, 4.69) is 0 Å². The number of hydrogen-bond donors (Lipinski definition) is 0. The lowest BCUT2D eigenvalue weighted by molar-refractivity contribution is -0.146. The first-order valence-electron chi connectivity index (χ1n) is 7.58. The Morgan fingerprint density at radius 2 is 1.78 bits per heavy atom. The van der Waals surface area contributed by atoms with E-state index in [9.17, 15) is 9.59 Å². The third kappa shape index (κ3) is 7.01. The molecule has 0 aliphatic carbocycles. The van der Waals surface area contributed by atoms with Gasteiger partial charge in [0.2, 0.25) is 5.91 Å². The average molecular weight is 341 g/mol. The summed E-state index contributed by atoms with van der Waals surface area (Å²) in [6.45, 7) is 3.43. The van der Waals surface area contributed by atoms with Gasteiger partial charge in [-0.25, -0.2) is 0 Å². The average Bonchev–Trinajstić information content (AvgIpc) is 2.52. The van der Waals surface area contributed by atoms with E-state index in [1.807, 2.05) is 31.1 Å². The van der Waals surface area contributed by atoms with E-state index in [4.69, 9.17) is 16.3 Å². The fourth-order valence-corrected chi connectivity index (χ4v) is 2.26. The number of amides is 1. The van der Waals surface area contributed by atoms with Gasteiger partial charge in [-0.3, -0.25) is 9.59 Å². The largest absolute Gasteiger partial charge is 0.469 e. The highest BCUT2D eigenvalue weighted by Gasteiger charge is 2.21. The lowest BCUT2D eigenvalue weighted by Crippen LogP contribution is -2.41. The molecule has 0 N–H and O–H groups in total. The number of halogens is 1. The van der Waals surface area contributed by atoms with Crippen LogP contribution in [0.15, 0.2) is 24.3 Å². The van der Waals surface area contributed by atoms with Crippen molar-refractivity contribution in [3.8, 4) is 0 Å². The standard InChI is InChI=1S/C17H25ClN2O3/c1-13(17(22)23-4)12-20(10-9-19(2)3)16(21)11-14-5-7-15(18)8-6-14/h5-8,13H,9-12H2,1-4H3. The Hall–Kier alpha value is -1.59. The molecule has 0 heterocycles. The minimum atomic E-state index is -0.351. The highest BCUT2D eigenvalue weighted by atomic mass is 35.5. The maximum absolute atomic E-state index is 12.6. The molecule has 1 rings (SSSR count). The number of benzene rings is 1. The Bertz CT molecular complexity index is 517. The van der Waals surface area contributed by atoms with Crippen molar-refractivity contribution in [1.29, 1.82) is 0 Å². The van der Waals surface area contributed by atoms with Crippen LogP contribution >= 0.6 is 11.6 Å². The summed E-state index contributed by atoms with van der Waals surface area (Å²) in [7, 11) is 5.26. The summed E-state index contributed by atoms with van der Waals surface area (Å²) in [4.78, 5) is 27.9. The predicted octanol–water partition coefficient (Wildman–Crippen LogP) is 2.08. The molecule has 23 heavy (non-hydrogen) atoms. The molecule has 0 spiro atoms. The van der Waals surface area contributed by atoms with Gasteiger partial charge in [0.05, 0.1) is 19.4 Å². The van der Waals surface area contributed by atoms with Crippen LogP contribution < -0.4 is 0 Å². The molecular formula is C17H25ClN2O3. The Labute approximate surface area is 143 Å². The first-order chi connectivity index (χ1) is 10.8. The molecular weight excluding hydrogens is 316 g/mol. The SMILES string of the molecule is COC(=O)C(C)CN(CCN(C)C)C(=O)Cc1ccc(Cl)cc1. The molecule has 5 nitrogen and oxygen atoms in total. The number of carbonyl (C=O) groups is 2. The number of methoxy groups -OCH3 is 1. The normalized spacial score (nSPS) is 12.1. The fraction of sp³-hybridized carbons (Fsp3) is 0.529. The van der Waals surface area contributed by atoms with Gasteiger partial charge >= 0.3 is 5.97 Å². The first kappa shape index (κ1) is 19.5. The molecule has 1 atom stereocenters. The van der Waals surface area contributed by atoms with E-state index in [1.165, 1.54) is 7.11 Å². The van der Waals surface area contributed by atoms with Crippen LogP contribution in [0.3, 0.4) is 0 Å². The van der Waals surface area contributed by atoms with E-state index in [1.54, 1.807) is 24.0 Å². The van der Waals surface area contributed by atoms with Crippen molar-refractivity contribution in [2.24, 2.45) is 5.92 Å². The highest BCUT2D eigenvalue weighted by Crippen LogP contribution is 2.12. The summed E-state index contributed by atoms with van der Waals surface area (Å²) >= 11 is 5.86. The summed E-state index contributed by atoms with van der Waals surface area (Å²) < 4.78 is 4.75. The molecule has 0 saturated carbocycles. The molecule has 6 heteroatoms. The fourth-order valence-electron chi connectivity index (χ4n) is 2.13. The number of likely N-dealkylation sites (N-methyl/N-ethyl adjacent to an activating group) is 1. The molecule has 0 radical (unpaired) electrons. The topological polar surface area (TPSA) is 49.9 Å². The number of rotatable bonds is 8. The number of ether oxygens (including phenoxy) is 1. The molecule has 0 aliphatic rings. The Morgan fingerprint density at radius 1 is 1.17 bits per heavy atom. The van der Waals surface area contributed by atoms with Gasteiger partial charge in [0.1, 0.15) is 0 Å². The second-order valence-electron chi connectivity index (χ2n) is 5.87. The third-order valence-corrected chi connectivity index (χ3v) is 3.79. The van der Waals surface area contributed by atoms with Crippen molar-refractivity contribution < 1.29 is 14.3 Å². The third-order valence-electron chi connectivity index (χ3n) is 3.54. The number of nitrogens with zero attached hydrogens (tertiary/aromatic N) is 2. The highest BCUT2D eigenvalue weighted by molar-refractivity contribution is 6.30. The van der Waals surface area contributed by atoms with E-state index < -0.39 is 0 Å². The van der Waals surface area contributed by atoms with Crippen molar-refractivity contribution in [3.05, 3.63) is 34.9 Å². The quantitative estimate of drug-likeness (QED) is 0.680. The minimum absolute atomic E-state index is 0.00933. The predicted molar refractivity (Wildman–Crippen MR) is 91.5 cm³/mol. The van der Waals surface area contributed by atoms with Gasteiger partial charge in [0.25, 0.3) is 0 Å². The van der Waals surface area contributed by atoms with Crippen LogP contribution in [-0.2, 0) is 20.7 Å².